The first-order chi connectivity index (χ1) is 8.90. The molecule has 1 saturated heterocycles. The lowest BCUT2D eigenvalue weighted by Crippen LogP contribution is -2.22. The van der Waals surface area contributed by atoms with Crippen LogP contribution in [0.4, 0.5) is 11.5 Å². The van der Waals surface area contributed by atoms with Crippen molar-refractivity contribution in [1.29, 1.82) is 0 Å². The summed E-state index contributed by atoms with van der Waals surface area (Å²) in [5, 5.41) is 38.4. The van der Waals surface area contributed by atoms with Gasteiger partial charge in [-0.1, -0.05) is 0 Å². The molecule has 2 unspecified atom stereocenters. The number of carboxylic acids is 1. The Labute approximate surface area is 106 Å². The minimum absolute atomic E-state index is 0.0883. The van der Waals surface area contributed by atoms with Gasteiger partial charge in [0, 0.05) is 19.2 Å². The molecule has 2 heterocycles. The maximum atomic E-state index is 11.0. The number of nitro groups is 1. The molecular formula is C10H11N3O6. The van der Waals surface area contributed by atoms with Gasteiger partial charge in [-0.2, -0.15) is 0 Å². The summed E-state index contributed by atoms with van der Waals surface area (Å²) in [5.41, 5.74) is -1.08. The van der Waals surface area contributed by atoms with Crippen LogP contribution in [0.1, 0.15) is 10.4 Å². The topological polar surface area (TPSA) is 137 Å². The fourth-order valence-electron chi connectivity index (χ4n) is 1.88. The largest absolute Gasteiger partial charge is 0.477 e. The van der Waals surface area contributed by atoms with Gasteiger partial charge in [0.1, 0.15) is 17.6 Å². The standard InChI is InChI=1S/C10H11N3O6/c14-7-3-12(4-8(7)15)9-1-5(10(16)17)6(2-11-9)13(18)19/h1-2,7-8,14-15H,3-4H2,(H,16,17). The lowest BCUT2D eigenvalue weighted by Gasteiger charge is -2.16. The summed E-state index contributed by atoms with van der Waals surface area (Å²) in [5.74, 6) is -1.27. The third-order valence-electron chi connectivity index (χ3n) is 2.88. The van der Waals surface area contributed by atoms with Crippen molar-refractivity contribution in [3.63, 3.8) is 0 Å². The molecule has 19 heavy (non-hydrogen) atoms. The summed E-state index contributed by atoms with van der Waals surface area (Å²) < 4.78 is 0. The third kappa shape index (κ3) is 2.46. The van der Waals surface area contributed by atoms with Crippen LogP contribution >= 0.6 is 0 Å². The Hall–Kier alpha value is -2.26. The Balaban J connectivity index is 2.36. The number of rotatable bonds is 3. The number of carbonyl (C=O) groups is 1. The summed E-state index contributed by atoms with van der Waals surface area (Å²) in [6.45, 7) is 0.177. The van der Waals surface area contributed by atoms with Gasteiger partial charge in [-0.3, -0.25) is 10.1 Å². The van der Waals surface area contributed by atoms with Crippen molar-refractivity contribution < 1.29 is 25.0 Å². The minimum atomic E-state index is -1.43. The SMILES string of the molecule is O=C(O)c1cc(N2CC(O)C(O)C2)ncc1[N+](=O)[O-]. The molecule has 0 amide bonds. The van der Waals surface area contributed by atoms with E-state index in [2.05, 4.69) is 4.98 Å². The predicted molar refractivity (Wildman–Crippen MR) is 62.1 cm³/mol. The number of anilines is 1. The van der Waals surface area contributed by atoms with Gasteiger partial charge >= 0.3 is 11.7 Å². The van der Waals surface area contributed by atoms with E-state index in [1.807, 2.05) is 0 Å². The van der Waals surface area contributed by atoms with Crippen LogP contribution in [0.25, 0.3) is 0 Å². The number of pyridine rings is 1. The summed E-state index contributed by atoms with van der Waals surface area (Å²) in [4.78, 5) is 26.1. The molecule has 0 spiro atoms. The summed E-state index contributed by atoms with van der Waals surface area (Å²) in [6.07, 6.45) is -1.05. The van der Waals surface area contributed by atoms with Crippen molar-refractivity contribution in [2.75, 3.05) is 18.0 Å². The summed E-state index contributed by atoms with van der Waals surface area (Å²) in [6, 6.07) is 1.06. The van der Waals surface area contributed by atoms with E-state index < -0.39 is 34.4 Å². The fraction of sp³-hybridized carbons (Fsp3) is 0.400. The van der Waals surface area contributed by atoms with Crippen LogP contribution in [-0.2, 0) is 0 Å². The quantitative estimate of drug-likeness (QED) is 0.480. The van der Waals surface area contributed by atoms with Crippen molar-refractivity contribution in [2.24, 2.45) is 0 Å². The molecule has 0 aromatic carbocycles. The Bertz CT molecular complexity index is 524. The highest BCUT2D eigenvalue weighted by Gasteiger charge is 2.31. The molecule has 9 heteroatoms. The molecule has 3 N–H and O–H groups in total. The maximum Gasteiger partial charge on any atom is 0.342 e. The van der Waals surface area contributed by atoms with Crippen molar-refractivity contribution >= 4 is 17.5 Å². The highest BCUT2D eigenvalue weighted by atomic mass is 16.6. The van der Waals surface area contributed by atoms with Crippen molar-refractivity contribution in [2.45, 2.75) is 12.2 Å². The number of β-amino-alcohol motifs (C(OH)–C–C–N with tert-alkyl or cyclic N) is 2. The average molecular weight is 269 g/mol. The molecule has 102 valence electrons. The monoisotopic (exact) mass is 269 g/mol. The van der Waals surface area contributed by atoms with Gasteiger partial charge in [-0.05, 0) is 0 Å². The first-order valence-electron chi connectivity index (χ1n) is 5.39. The second-order valence-electron chi connectivity index (χ2n) is 4.16. The van der Waals surface area contributed by atoms with Crippen LogP contribution in [0.3, 0.4) is 0 Å². The number of nitrogens with zero attached hydrogens (tertiary/aromatic N) is 3. The van der Waals surface area contributed by atoms with Gasteiger partial charge in [-0.15, -0.1) is 0 Å². The number of aliphatic hydroxyl groups excluding tert-OH is 2. The molecule has 1 aromatic rings. The zero-order valence-corrected chi connectivity index (χ0v) is 9.63. The molecule has 0 saturated carbocycles. The molecule has 2 rings (SSSR count). The van der Waals surface area contributed by atoms with Crippen molar-refractivity contribution in [3.05, 3.63) is 27.9 Å². The number of aromatic carboxylic acids is 1. The first kappa shape index (κ1) is 13.2. The lowest BCUT2D eigenvalue weighted by atomic mass is 10.2. The van der Waals surface area contributed by atoms with Crippen LogP contribution in [0.5, 0.6) is 0 Å². The number of aromatic nitrogens is 1. The third-order valence-corrected chi connectivity index (χ3v) is 2.88. The molecule has 1 aliphatic rings. The number of carboxylic acid groups (broad SMARTS) is 1. The minimum Gasteiger partial charge on any atom is -0.477 e. The van der Waals surface area contributed by atoms with E-state index in [4.69, 9.17) is 5.11 Å². The lowest BCUT2D eigenvalue weighted by molar-refractivity contribution is -0.385. The van der Waals surface area contributed by atoms with Crippen molar-refractivity contribution in [3.8, 4) is 0 Å². The van der Waals surface area contributed by atoms with Gasteiger partial charge in [0.05, 0.1) is 17.1 Å². The predicted octanol–water partition coefficient (Wildman–Crippen LogP) is -0.770. The van der Waals surface area contributed by atoms with Gasteiger partial charge in [0.25, 0.3) is 0 Å². The van der Waals surface area contributed by atoms with E-state index in [1.54, 1.807) is 0 Å². The second-order valence-corrected chi connectivity index (χ2v) is 4.16. The first-order valence-corrected chi connectivity index (χ1v) is 5.39. The molecule has 1 aromatic heterocycles. The number of aliphatic hydroxyl groups is 2. The van der Waals surface area contributed by atoms with Crippen molar-refractivity contribution in [1.82, 2.24) is 4.98 Å². The second kappa shape index (κ2) is 4.78. The van der Waals surface area contributed by atoms with Gasteiger partial charge in [0.2, 0.25) is 0 Å². The molecule has 1 fully saturated rings. The fourth-order valence-corrected chi connectivity index (χ4v) is 1.88. The van der Waals surface area contributed by atoms with Crippen LogP contribution in [0.15, 0.2) is 12.3 Å². The summed E-state index contributed by atoms with van der Waals surface area (Å²) >= 11 is 0. The van der Waals surface area contributed by atoms with Crippen LogP contribution < -0.4 is 4.90 Å². The zero-order valence-electron chi connectivity index (χ0n) is 9.63. The Kier molecular flexibility index (Phi) is 3.32. The van der Waals surface area contributed by atoms with Crippen LogP contribution in [0.2, 0.25) is 0 Å². The van der Waals surface area contributed by atoms with Crippen LogP contribution in [0, 0.1) is 10.1 Å². The van der Waals surface area contributed by atoms with E-state index in [1.165, 1.54) is 4.90 Å². The van der Waals surface area contributed by atoms with Gasteiger partial charge in [-0.25, -0.2) is 9.78 Å². The molecule has 9 nitrogen and oxygen atoms in total. The van der Waals surface area contributed by atoms with E-state index in [0.29, 0.717) is 0 Å². The van der Waals surface area contributed by atoms with E-state index in [-0.39, 0.29) is 18.9 Å². The molecule has 2 atom stereocenters. The summed E-state index contributed by atoms with van der Waals surface area (Å²) in [7, 11) is 0. The number of hydrogen-bond acceptors (Lipinski definition) is 7. The Morgan fingerprint density at radius 2 is 2.00 bits per heavy atom. The normalized spacial score (nSPS) is 22.5. The maximum absolute atomic E-state index is 11.0. The Morgan fingerprint density at radius 1 is 1.42 bits per heavy atom. The molecule has 0 radical (unpaired) electrons. The van der Waals surface area contributed by atoms with Gasteiger partial charge in [0.15, 0.2) is 0 Å². The van der Waals surface area contributed by atoms with E-state index in [9.17, 15) is 25.1 Å². The Morgan fingerprint density at radius 3 is 2.47 bits per heavy atom. The zero-order chi connectivity index (χ0) is 14.2. The van der Waals surface area contributed by atoms with Crippen LogP contribution in [-0.4, -0.2) is 56.5 Å². The van der Waals surface area contributed by atoms with Gasteiger partial charge < -0.3 is 20.2 Å². The highest BCUT2D eigenvalue weighted by Crippen LogP contribution is 2.25. The molecular weight excluding hydrogens is 258 g/mol. The average Bonchev–Trinajstić information content (AvgIpc) is 2.68. The number of hydrogen-bond donors (Lipinski definition) is 3. The molecule has 0 aliphatic carbocycles. The van der Waals surface area contributed by atoms with E-state index >= 15 is 0 Å². The molecule has 1 aliphatic heterocycles. The highest BCUT2D eigenvalue weighted by molar-refractivity contribution is 5.93. The van der Waals surface area contributed by atoms with E-state index in [0.717, 1.165) is 12.3 Å². The molecule has 0 bridgehead atoms. The smallest absolute Gasteiger partial charge is 0.342 e.